The SMILES string of the molecule is Cc1cc(C(=O)N2CCN(c3ccc(C(F)(F)F)cn3)CC2)sc1C. The maximum atomic E-state index is 12.6. The Hall–Kier alpha value is -2.09. The van der Waals surface area contributed by atoms with Crippen molar-refractivity contribution in [2.75, 3.05) is 31.1 Å². The summed E-state index contributed by atoms with van der Waals surface area (Å²) in [6.45, 7) is 6.12. The summed E-state index contributed by atoms with van der Waals surface area (Å²) in [6, 6.07) is 4.33. The average molecular weight is 369 g/mol. The summed E-state index contributed by atoms with van der Waals surface area (Å²) < 4.78 is 37.8. The van der Waals surface area contributed by atoms with E-state index in [1.54, 1.807) is 4.90 Å². The van der Waals surface area contributed by atoms with Crippen molar-refractivity contribution in [2.45, 2.75) is 20.0 Å². The first-order chi connectivity index (χ1) is 11.8. The Morgan fingerprint density at radius 2 is 1.84 bits per heavy atom. The largest absolute Gasteiger partial charge is 0.417 e. The Labute approximate surface area is 147 Å². The molecule has 8 heteroatoms. The van der Waals surface area contributed by atoms with Crippen LogP contribution in [0.15, 0.2) is 24.4 Å². The molecule has 0 bridgehead atoms. The third kappa shape index (κ3) is 3.78. The molecule has 4 nitrogen and oxygen atoms in total. The van der Waals surface area contributed by atoms with Gasteiger partial charge in [0.05, 0.1) is 10.4 Å². The number of carbonyl (C=O) groups is 1. The second kappa shape index (κ2) is 6.67. The summed E-state index contributed by atoms with van der Waals surface area (Å²) in [5, 5.41) is 0. The van der Waals surface area contributed by atoms with Crippen LogP contribution in [0.5, 0.6) is 0 Å². The Morgan fingerprint density at radius 3 is 2.32 bits per heavy atom. The van der Waals surface area contributed by atoms with Crippen molar-refractivity contribution in [1.29, 1.82) is 0 Å². The Balaban J connectivity index is 1.62. The maximum absolute atomic E-state index is 12.6. The van der Waals surface area contributed by atoms with Gasteiger partial charge in [-0.25, -0.2) is 4.98 Å². The van der Waals surface area contributed by atoms with Crippen LogP contribution in [-0.2, 0) is 6.18 Å². The molecule has 0 saturated carbocycles. The minimum atomic E-state index is -4.38. The number of hydrogen-bond donors (Lipinski definition) is 0. The van der Waals surface area contributed by atoms with Crippen LogP contribution < -0.4 is 4.90 Å². The van der Waals surface area contributed by atoms with Crippen molar-refractivity contribution >= 4 is 23.1 Å². The van der Waals surface area contributed by atoms with Crippen LogP contribution in [-0.4, -0.2) is 42.0 Å². The number of amides is 1. The van der Waals surface area contributed by atoms with Gasteiger partial charge in [0, 0.05) is 37.3 Å². The number of aryl methyl sites for hydroxylation is 2. The molecule has 1 aliphatic rings. The van der Waals surface area contributed by atoms with Gasteiger partial charge < -0.3 is 9.80 Å². The van der Waals surface area contributed by atoms with Gasteiger partial charge in [-0.15, -0.1) is 11.3 Å². The Morgan fingerprint density at radius 1 is 1.16 bits per heavy atom. The molecule has 0 aromatic carbocycles. The fourth-order valence-corrected chi connectivity index (χ4v) is 3.72. The quantitative estimate of drug-likeness (QED) is 0.809. The molecular weight excluding hydrogens is 351 g/mol. The Kier molecular flexibility index (Phi) is 4.73. The van der Waals surface area contributed by atoms with E-state index < -0.39 is 11.7 Å². The summed E-state index contributed by atoms with van der Waals surface area (Å²) in [7, 11) is 0. The van der Waals surface area contributed by atoms with Gasteiger partial charge in [0.15, 0.2) is 0 Å². The van der Waals surface area contributed by atoms with E-state index in [4.69, 9.17) is 0 Å². The van der Waals surface area contributed by atoms with Gasteiger partial charge in [-0.1, -0.05) is 0 Å². The van der Waals surface area contributed by atoms with Crippen LogP contribution in [0.3, 0.4) is 0 Å². The lowest BCUT2D eigenvalue weighted by Crippen LogP contribution is -2.48. The van der Waals surface area contributed by atoms with E-state index in [-0.39, 0.29) is 5.91 Å². The van der Waals surface area contributed by atoms with Crippen LogP contribution in [0.1, 0.15) is 25.7 Å². The number of piperazine rings is 1. The fourth-order valence-electron chi connectivity index (χ4n) is 2.71. The zero-order chi connectivity index (χ0) is 18.2. The standard InChI is InChI=1S/C17H18F3N3OS/c1-11-9-14(25-12(11)2)16(24)23-7-5-22(6-8-23)15-4-3-13(10-21-15)17(18,19)20/h3-4,9-10H,5-8H2,1-2H3. The molecule has 25 heavy (non-hydrogen) atoms. The molecule has 0 radical (unpaired) electrons. The third-order valence-corrected chi connectivity index (χ3v) is 5.48. The van der Waals surface area contributed by atoms with Crippen LogP contribution in [0.25, 0.3) is 0 Å². The van der Waals surface area contributed by atoms with E-state index in [1.165, 1.54) is 17.4 Å². The number of anilines is 1. The second-order valence-corrected chi connectivity index (χ2v) is 7.29. The van der Waals surface area contributed by atoms with E-state index in [1.807, 2.05) is 24.8 Å². The van der Waals surface area contributed by atoms with Crippen molar-refractivity contribution in [1.82, 2.24) is 9.88 Å². The van der Waals surface area contributed by atoms with Crippen molar-refractivity contribution in [3.8, 4) is 0 Å². The number of rotatable bonds is 2. The van der Waals surface area contributed by atoms with Crippen molar-refractivity contribution < 1.29 is 18.0 Å². The number of pyridine rings is 1. The van der Waals surface area contributed by atoms with Gasteiger partial charge in [0.2, 0.25) is 0 Å². The van der Waals surface area contributed by atoms with Gasteiger partial charge in [-0.3, -0.25) is 4.79 Å². The smallest absolute Gasteiger partial charge is 0.353 e. The van der Waals surface area contributed by atoms with Gasteiger partial charge in [0.1, 0.15) is 5.82 Å². The molecule has 1 aliphatic heterocycles. The van der Waals surface area contributed by atoms with Crippen LogP contribution in [0, 0.1) is 13.8 Å². The monoisotopic (exact) mass is 369 g/mol. The molecule has 2 aromatic rings. The molecule has 3 rings (SSSR count). The zero-order valence-corrected chi connectivity index (χ0v) is 14.7. The molecule has 0 unspecified atom stereocenters. The zero-order valence-electron chi connectivity index (χ0n) is 13.9. The predicted molar refractivity (Wildman–Crippen MR) is 91.1 cm³/mol. The van der Waals surface area contributed by atoms with E-state index in [0.29, 0.717) is 32.0 Å². The third-order valence-electron chi connectivity index (χ3n) is 4.34. The molecule has 0 N–H and O–H groups in total. The Bertz CT molecular complexity index is 743. The van der Waals surface area contributed by atoms with Crippen molar-refractivity contribution in [2.24, 2.45) is 0 Å². The first kappa shape index (κ1) is 17.7. The molecule has 0 atom stereocenters. The molecule has 2 aromatic heterocycles. The van der Waals surface area contributed by atoms with Crippen LogP contribution in [0.2, 0.25) is 0 Å². The highest BCUT2D eigenvalue weighted by atomic mass is 32.1. The number of alkyl halides is 3. The lowest BCUT2D eigenvalue weighted by Gasteiger charge is -2.35. The average Bonchev–Trinajstić information content (AvgIpc) is 2.93. The summed E-state index contributed by atoms with van der Waals surface area (Å²) in [4.78, 5) is 22.0. The van der Waals surface area contributed by atoms with Crippen LogP contribution in [0.4, 0.5) is 19.0 Å². The fraction of sp³-hybridized carbons (Fsp3) is 0.412. The molecule has 1 amide bonds. The summed E-state index contributed by atoms with van der Waals surface area (Å²) in [5.74, 6) is 0.518. The van der Waals surface area contributed by atoms with Gasteiger partial charge in [-0.2, -0.15) is 13.2 Å². The molecule has 3 heterocycles. The highest BCUT2D eigenvalue weighted by Gasteiger charge is 2.31. The molecule has 0 aliphatic carbocycles. The first-order valence-corrected chi connectivity index (χ1v) is 8.72. The summed E-state index contributed by atoms with van der Waals surface area (Å²) in [6.07, 6.45) is -3.53. The highest BCUT2D eigenvalue weighted by molar-refractivity contribution is 7.14. The number of halogens is 3. The predicted octanol–water partition coefficient (Wildman–Crippen LogP) is 3.74. The topological polar surface area (TPSA) is 36.4 Å². The van der Waals surface area contributed by atoms with Crippen LogP contribution >= 0.6 is 11.3 Å². The number of nitrogens with zero attached hydrogens (tertiary/aromatic N) is 3. The number of carbonyl (C=O) groups excluding carboxylic acids is 1. The van der Waals surface area contributed by atoms with Gasteiger partial charge in [0.25, 0.3) is 5.91 Å². The number of thiophene rings is 1. The number of aromatic nitrogens is 1. The first-order valence-electron chi connectivity index (χ1n) is 7.90. The molecule has 1 saturated heterocycles. The minimum Gasteiger partial charge on any atom is -0.353 e. The van der Waals surface area contributed by atoms with Gasteiger partial charge >= 0.3 is 6.18 Å². The number of hydrogen-bond acceptors (Lipinski definition) is 4. The lowest BCUT2D eigenvalue weighted by atomic mass is 10.2. The summed E-state index contributed by atoms with van der Waals surface area (Å²) >= 11 is 1.49. The maximum Gasteiger partial charge on any atom is 0.417 e. The van der Waals surface area contributed by atoms with E-state index >= 15 is 0 Å². The minimum absolute atomic E-state index is 0.0150. The normalized spacial score (nSPS) is 15.6. The highest BCUT2D eigenvalue weighted by Crippen LogP contribution is 2.29. The van der Waals surface area contributed by atoms with E-state index in [0.717, 1.165) is 27.6 Å². The molecule has 134 valence electrons. The molecule has 0 spiro atoms. The molecular formula is C17H18F3N3OS. The molecule has 1 fully saturated rings. The second-order valence-electron chi connectivity index (χ2n) is 6.03. The van der Waals surface area contributed by atoms with Gasteiger partial charge in [-0.05, 0) is 37.6 Å². The van der Waals surface area contributed by atoms with E-state index in [9.17, 15) is 18.0 Å². The van der Waals surface area contributed by atoms with E-state index in [2.05, 4.69) is 4.98 Å². The lowest BCUT2D eigenvalue weighted by molar-refractivity contribution is -0.137. The summed E-state index contributed by atoms with van der Waals surface area (Å²) in [5.41, 5.74) is 0.356. The van der Waals surface area contributed by atoms with Crippen molar-refractivity contribution in [3.05, 3.63) is 45.3 Å². The van der Waals surface area contributed by atoms with Crippen molar-refractivity contribution in [3.63, 3.8) is 0 Å².